The van der Waals surface area contributed by atoms with Crippen molar-refractivity contribution in [2.45, 2.75) is 19.4 Å². The minimum absolute atomic E-state index is 0.155. The summed E-state index contributed by atoms with van der Waals surface area (Å²) in [6.07, 6.45) is 2.32. The fourth-order valence-electron chi connectivity index (χ4n) is 1.59. The Hall–Kier alpha value is -2.17. The molecule has 0 fully saturated rings. The minimum Gasteiger partial charge on any atom is -0.480 e. The van der Waals surface area contributed by atoms with Crippen LogP contribution in [0, 0.1) is 5.82 Å². The molecular weight excluding hydrogens is 249 g/mol. The second-order valence-electron chi connectivity index (χ2n) is 4.10. The molecule has 4 nitrogen and oxygen atoms in total. The number of carbonyl (C=O) groups is 2. The molecule has 0 heterocycles. The van der Waals surface area contributed by atoms with Gasteiger partial charge in [0.1, 0.15) is 12.4 Å². The zero-order valence-electron chi connectivity index (χ0n) is 10.5. The highest BCUT2D eigenvalue weighted by Gasteiger charge is 2.16. The minimum atomic E-state index is -1.07. The predicted molar refractivity (Wildman–Crippen MR) is 68.9 cm³/mol. The average molecular weight is 265 g/mol. The first-order valence-corrected chi connectivity index (χ1v) is 5.88. The van der Waals surface area contributed by atoms with Gasteiger partial charge in [-0.05, 0) is 24.1 Å². The number of aliphatic carboxylic acids is 1. The van der Waals surface area contributed by atoms with Crippen molar-refractivity contribution in [3.05, 3.63) is 48.3 Å². The van der Waals surface area contributed by atoms with Crippen LogP contribution in [-0.2, 0) is 16.1 Å². The maximum absolute atomic E-state index is 12.8. The smallest absolute Gasteiger partial charge is 0.323 e. The van der Waals surface area contributed by atoms with E-state index in [0.717, 1.165) is 0 Å². The molecule has 19 heavy (non-hydrogen) atoms. The lowest BCUT2D eigenvalue weighted by Crippen LogP contribution is -2.34. The Kier molecular flexibility index (Phi) is 5.73. The molecule has 0 spiro atoms. The Labute approximate surface area is 111 Å². The molecule has 0 bridgehead atoms. The maximum Gasteiger partial charge on any atom is 0.323 e. The van der Waals surface area contributed by atoms with Crippen LogP contribution in [0.2, 0.25) is 0 Å². The molecule has 0 aliphatic rings. The molecule has 1 aromatic carbocycles. The van der Waals surface area contributed by atoms with Gasteiger partial charge in [-0.2, -0.15) is 0 Å². The monoisotopic (exact) mass is 265 g/mol. The number of nitrogens with zero attached hydrogens (tertiary/aromatic N) is 1. The molecule has 0 radical (unpaired) electrons. The van der Waals surface area contributed by atoms with Gasteiger partial charge < -0.3 is 10.0 Å². The molecule has 0 aliphatic heterocycles. The van der Waals surface area contributed by atoms with Gasteiger partial charge in [0.15, 0.2) is 0 Å². The van der Waals surface area contributed by atoms with Crippen LogP contribution >= 0.6 is 0 Å². The van der Waals surface area contributed by atoms with Crippen LogP contribution in [-0.4, -0.2) is 28.4 Å². The largest absolute Gasteiger partial charge is 0.480 e. The maximum atomic E-state index is 12.8. The van der Waals surface area contributed by atoms with Crippen molar-refractivity contribution in [1.29, 1.82) is 0 Å². The van der Waals surface area contributed by atoms with E-state index in [2.05, 4.69) is 6.58 Å². The molecular formula is C14H16FNO3. The van der Waals surface area contributed by atoms with Gasteiger partial charge >= 0.3 is 5.97 Å². The summed E-state index contributed by atoms with van der Waals surface area (Å²) in [5.41, 5.74) is 0.689. The molecule has 0 unspecified atom stereocenters. The van der Waals surface area contributed by atoms with Gasteiger partial charge in [0.25, 0.3) is 0 Å². The Morgan fingerprint density at radius 3 is 2.47 bits per heavy atom. The van der Waals surface area contributed by atoms with Crippen LogP contribution in [0.25, 0.3) is 0 Å². The van der Waals surface area contributed by atoms with Crippen LogP contribution in [0.5, 0.6) is 0 Å². The summed E-state index contributed by atoms with van der Waals surface area (Å²) in [5.74, 6) is -1.70. The first-order valence-electron chi connectivity index (χ1n) is 5.88. The molecule has 1 N–H and O–H groups in total. The van der Waals surface area contributed by atoms with E-state index in [1.165, 1.54) is 29.2 Å². The van der Waals surface area contributed by atoms with Crippen LogP contribution in [0.15, 0.2) is 36.9 Å². The van der Waals surface area contributed by atoms with Gasteiger partial charge in [-0.25, -0.2) is 4.39 Å². The summed E-state index contributed by atoms with van der Waals surface area (Å²) < 4.78 is 12.8. The van der Waals surface area contributed by atoms with Crippen molar-refractivity contribution in [3.8, 4) is 0 Å². The Balaban J connectivity index is 2.73. The highest BCUT2D eigenvalue weighted by atomic mass is 19.1. The van der Waals surface area contributed by atoms with E-state index >= 15 is 0 Å². The Morgan fingerprint density at radius 2 is 1.95 bits per heavy atom. The van der Waals surface area contributed by atoms with Gasteiger partial charge in [0.2, 0.25) is 5.91 Å². The fraction of sp³-hybridized carbons (Fsp3) is 0.286. The van der Waals surface area contributed by atoms with E-state index in [1.54, 1.807) is 6.08 Å². The average Bonchev–Trinajstić information content (AvgIpc) is 2.37. The van der Waals surface area contributed by atoms with Crippen LogP contribution in [0.3, 0.4) is 0 Å². The number of hydrogen-bond donors (Lipinski definition) is 1. The lowest BCUT2D eigenvalue weighted by atomic mass is 10.2. The fourth-order valence-corrected chi connectivity index (χ4v) is 1.59. The molecule has 102 valence electrons. The molecule has 0 aromatic heterocycles. The summed E-state index contributed by atoms with van der Waals surface area (Å²) in [6.45, 7) is 3.31. The summed E-state index contributed by atoms with van der Waals surface area (Å²) >= 11 is 0. The van der Waals surface area contributed by atoms with Crippen molar-refractivity contribution in [2.24, 2.45) is 0 Å². The lowest BCUT2D eigenvalue weighted by Gasteiger charge is -2.20. The number of carbonyl (C=O) groups excluding carboxylic acids is 1. The van der Waals surface area contributed by atoms with E-state index in [0.29, 0.717) is 12.0 Å². The number of allylic oxidation sites excluding steroid dienone is 1. The van der Waals surface area contributed by atoms with Gasteiger partial charge in [0.05, 0.1) is 0 Å². The molecule has 5 heteroatoms. The van der Waals surface area contributed by atoms with Crippen molar-refractivity contribution in [2.75, 3.05) is 6.54 Å². The SMILES string of the molecule is C=CCCC(=O)N(CC(=O)O)Cc1ccc(F)cc1. The quantitative estimate of drug-likeness (QED) is 0.769. The van der Waals surface area contributed by atoms with E-state index < -0.39 is 5.97 Å². The number of amides is 1. The van der Waals surface area contributed by atoms with E-state index in [1.807, 2.05) is 0 Å². The van der Waals surface area contributed by atoms with Gasteiger partial charge in [0, 0.05) is 13.0 Å². The van der Waals surface area contributed by atoms with E-state index in [4.69, 9.17) is 5.11 Å². The highest BCUT2D eigenvalue weighted by molar-refractivity contribution is 5.81. The number of carboxylic acid groups (broad SMARTS) is 1. The van der Waals surface area contributed by atoms with Crippen molar-refractivity contribution < 1.29 is 19.1 Å². The zero-order chi connectivity index (χ0) is 14.3. The topological polar surface area (TPSA) is 57.6 Å². The summed E-state index contributed by atoms with van der Waals surface area (Å²) in [5, 5.41) is 8.81. The normalized spacial score (nSPS) is 9.95. The third kappa shape index (κ3) is 5.33. The second-order valence-corrected chi connectivity index (χ2v) is 4.10. The van der Waals surface area contributed by atoms with Gasteiger partial charge in [-0.15, -0.1) is 6.58 Å². The van der Waals surface area contributed by atoms with E-state index in [-0.39, 0.29) is 31.2 Å². The predicted octanol–water partition coefficient (Wildman–Crippen LogP) is 2.21. The molecule has 0 aliphatic carbocycles. The van der Waals surface area contributed by atoms with Gasteiger partial charge in [-0.1, -0.05) is 18.2 Å². The summed E-state index contributed by atoms with van der Waals surface area (Å²) in [4.78, 5) is 23.8. The van der Waals surface area contributed by atoms with Crippen LogP contribution < -0.4 is 0 Å². The molecule has 1 aromatic rings. The lowest BCUT2D eigenvalue weighted by molar-refractivity contribution is -0.144. The van der Waals surface area contributed by atoms with Crippen molar-refractivity contribution in [1.82, 2.24) is 4.90 Å². The Morgan fingerprint density at radius 1 is 1.32 bits per heavy atom. The van der Waals surface area contributed by atoms with Crippen LogP contribution in [0.1, 0.15) is 18.4 Å². The third-order valence-electron chi connectivity index (χ3n) is 2.53. The Bertz CT molecular complexity index is 456. The van der Waals surface area contributed by atoms with Crippen molar-refractivity contribution >= 4 is 11.9 Å². The van der Waals surface area contributed by atoms with E-state index in [9.17, 15) is 14.0 Å². The number of halogens is 1. The zero-order valence-corrected chi connectivity index (χ0v) is 10.5. The number of carboxylic acids is 1. The summed E-state index contributed by atoms with van der Waals surface area (Å²) in [6, 6.07) is 5.63. The van der Waals surface area contributed by atoms with Crippen molar-refractivity contribution in [3.63, 3.8) is 0 Å². The molecule has 1 amide bonds. The third-order valence-corrected chi connectivity index (χ3v) is 2.53. The summed E-state index contributed by atoms with van der Waals surface area (Å²) in [7, 11) is 0. The molecule has 0 atom stereocenters. The molecule has 0 saturated carbocycles. The van der Waals surface area contributed by atoms with Gasteiger partial charge in [-0.3, -0.25) is 9.59 Å². The first-order chi connectivity index (χ1) is 9.02. The highest BCUT2D eigenvalue weighted by Crippen LogP contribution is 2.09. The molecule has 1 rings (SSSR count). The molecule has 0 saturated heterocycles. The standard InChI is InChI=1S/C14H16FNO3/c1-2-3-4-13(17)16(10-14(18)19)9-11-5-7-12(15)8-6-11/h2,5-8H,1,3-4,9-10H2,(H,18,19). The number of benzene rings is 1. The number of rotatable bonds is 7. The second kappa shape index (κ2) is 7.31. The van der Waals surface area contributed by atoms with Crippen LogP contribution in [0.4, 0.5) is 4.39 Å². The number of hydrogen-bond acceptors (Lipinski definition) is 2. The first kappa shape index (κ1) is 14.9.